The van der Waals surface area contributed by atoms with E-state index < -0.39 is 12.0 Å². The van der Waals surface area contributed by atoms with Crippen LogP contribution < -0.4 is 5.73 Å². The van der Waals surface area contributed by atoms with Crippen molar-refractivity contribution in [2.45, 2.75) is 52.9 Å². The van der Waals surface area contributed by atoms with E-state index in [2.05, 4.69) is 6.58 Å². The van der Waals surface area contributed by atoms with Gasteiger partial charge in [0.2, 0.25) is 0 Å². The van der Waals surface area contributed by atoms with Gasteiger partial charge in [0.05, 0.1) is 12.7 Å². The zero-order valence-electron chi connectivity index (χ0n) is 11.5. The Bertz CT molecular complexity index is 261. The molecule has 0 amide bonds. The molecule has 4 heteroatoms. The molecule has 0 heterocycles. The first-order valence-corrected chi connectivity index (χ1v) is 5.97. The van der Waals surface area contributed by atoms with Crippen LogP contribution in [-0.2, 0) is 14.3 Å². The van der Waals surface area contributed by atoms with Gasteiger partial charge < -0.3 is 15.2 Å². The largest absolute Gasteiger partial charge is 0.458 e. The van der Waals surface area contributed by atoms with Gasteiger partial charge in [0.25, 0.3) is 0 Å². The standard InChI is InChI=1S/C13H25NO3/c1-8(2)7-16-11(6)12(9(3)4)17-13(15)10(5)14/h9-12H,1,7,14H2,2-6H3/t10-,11-,12?/m0/s1. The molecule has 2 N–H and O–H groups in total. The molecule has 0 saturated carbocycles. The lowest BCUT2D eigenvalue weighted by Gasteiger charge is -2.28. The number of nitrogens with two attached hydrogens (primary N) is 1. The maximum atomic E-state index is 11.5. The molecule has 0 aliphatic carbocycles. The van der Waals surface area contributed by atoms with E-state index in [1.54, 1.807) is 6.92 Å². The summed E-state index contributed by atoms with van der Waals surface area (Å²) in [6.07, 6.45) is -0.456. The lowest BCUT2D eigenvalue weighted by Crippen LogP contribution is -2.40. The number of esters is 1. The smallest absolute Gasteiger partial charge is 0.322 e. The van der Waals surface area contributed by atoms with E-state index in [-0.39, 0.29) is 18.1 Å². The third-order valence-corrected chi connectivity index (χ3v) is 2.34. The number of carbonyl (C=O) groups is 1. The van der Waals surface area contributed by atoms with Crippen molar-refractivity contribution in [2.24, 2.45) is 11.7 Å². The van der Waals surface area contributed by atoms with Gasteiger partial charge >= 0.3 is 5.97 Å². The van der Waals surface area contributed by atoms with Crippen LogP contribution in [0.15, 0.2) is 12.2 Å². The summed E-state index contributed by atoms with van der Waals surface area (Å²) in [6.45, 7) is 13.6. The summed E-state index contributed by atoms with van der Waals surface area (Å²) in [5.74, 6) is -0.215. The minimum atomic E-state index is -0.607. The minimum Gasteiger partial charge on any atom is -0.458 e. The second-order valence-electron chi connectivity index (χ2n) is 4.91. The Morgan fingerprint density at radius 1 is 1.29 bits per heavy atom. The first-order valence-electron chi connectivity index (χ1n) is 5.97. The van der Waals surface area contributed by atoms with Crippen LogP contribution in [-0.4, -0.2) is 30.8 Å². The second-order valence-corrected chi connectivity index (χ2v) is 4.91. The van der Waals surface area contributed by atoms with Gasteiger partial charge in [0, 0.05) is 0 Å². The molecule has 100 valence electrons. The van der Waals surface area contributed by atoms with Crippen molar-refractivity contribution in [1.29, 1.82) is 0 Å². The maximum absolute atomic E-state index is 11.5. The predicted octanol–water partition coefficient (Wildman–Crippen LogP) is 1.88. The monoisotopic (exact) mass is 243 g/mol. The van der Waals surface area contributed by atoms with Gasteiger partial charge in [-0.1, -0.05) is 26.0 Å². The molecular formula is C13H25NO3. The van der Waals surface area contributed by atoms with Crippen molar-refractivity contribution < 1.29 is 14.3 Å². The summed E-state index contributed by atoms with van der Waals surface area (Å²) < 4.78 is 10.9. The topological polar surface area (TPSA) is 61.5 Å². The quantitative estimate of drug-likeness (QED) is 0.548. The third kappa shape index (κ3) is 6.44. The molecule has 0 saturated heterocycles. The van der Waals surface area contributed by atoms with E-state index in [0.717, 1.165) is 5.57 Å². The van der Waals surface area contributed by atoms with Gasteiger partial charge in [-0.25, -0.2) is 0 Å². The lowest BCUT2D eigenvalue weighted by molar-refractivity contribution is -0.161. The molecule has 0 fully saturated rings. The fourth-order valence-electron chi connectivity index (χ4n) is 1.38. The van der Waals surface area contributed by atoms with Gasteiger partial charge in [-0.15, -0.1) is 0 Å². The van der Waals surface area contributed by atoms with Crippen LogP contribution in [0.2, 0.25) is 0 Å². The first kappa shape index (κ1) is 16.1. The molecule has 0 spiro atoms. The van der Waals surface area contributed by atoms with Crippen molar-refractivity contribution in [3.8, 4) is 0 Å². The average molecular weight is 243 g/mol. The van der Waals surface area contributed by atoms with Crippen molar-refractivity contribution in [2.75, 3.05) is 6.61 Å². The summed E-state index contributed by atoms with van der Waals surface area (Å²) in [5, 5.41) is 0. The maximum Gasteiger partial charge on any atom is 0.322 e. The molecular weight excluding hydrogens is 218 g/mol. The molecule has 0 aliphatic rings. The van der Waals surface area contributed by atoms with Gasteiger partial charge in [-0.3, -0.25) is 4.79 Å². The molecule has 4 nitrogen and oxygen atoms in total. The summed E-state index contributed by atoms with van der Waals surface area (Å²) in [5.41, 5.74) is 6.42. The minimum absolute atomic E-state index is 0.172. The summed E-state index contributed by atoms with van der Waals surface area (Å²) in [7, 11) is 0. The van der Waals surface area contributed by atoms with Gasteiger partial charge in [-0.05, 0) is 26.7 Å². The normalized spacial score (nSPS) is 16.4. The Morgan fingerprint density at radius 3 is 2.18 bits per heavy atom. The summed E-state index contributed by atoms with van der Waals surface area (Å²) in [6, 6.07) is -0.607. The van der Waals surface area contributed by atoms with Crippen molar-refractivity contribution in [3.05, 3.63) is 12.2 Å². The highest BCUT2D eigenvalue weighted by Gasteiger charge is 2.26. The summed E-state index contributed by atoms with van der Waals surface area (Å²) >= 11 is 0. The van der Waals surface area contributed by atoms with E-state index in [1.165, 1.54) is 0 Å². The molecule has 0 aliphatic heterocycles. The van der Waals surface area contributed by atoms with Crippen LogP contribution >= 0.6 is 0 Å². The van der Waals surface area contributed by atoms with Gasteiger partial charge in [0.1, 0.15) is 12.1 Å². The van der Waals surface area contributed by atoms with E-state index in [0.29, 0.717) is 6.61 Å². The van der Waals surface area contributed by atoms with E-state index in [4.69, 9.17) is 15.2 Å². The molecule has 0 bridgehead atoms. The van der Waals surface area contributed by atoms with Gasteiger partial charge in [-0.2, -0.15) is 0 Å². The number of rotatable bonds is 7. The van der Waals surface area contributed by atoms with Crippen LogP contribution in [0.25, 0.3) is 0 Å². The fourth-order valence-corrected chi connectivity index (χ4v) is 1.38. The van der Waals surface area contributed by atoms with Crippen molar-refractivity contribution in [3.63, 3.8) is 0 Å². The number of hydrogen-bond donors (Lipinski definition) is 1. The van der Waals surface area contributed by atoms with E-state index >= 15 is 0 Å². The van der Waals surface area contributed by atoms with Crippen LogP contribution in [0, 0.1) is 5.92 Å². The third-order valence-electron chi connectivity index (χ3n) is 2.34. The zero-order valence-corrected chi connectivity index (χ0v) is 11.5. The Kier molecular flexibility index (Phi) is 7.07. The predicted molar refractivity (Wildman–Crippen MR) is 68.6 cm³/mol. The molecule has 0 aromatic carbocycles. The highest BCUT2D eigenvalue weighted by molar-refractivity contribution is 5.75. The number of carbonyl (C=O) groups excluding carboxylic acids is 1. The first-order chi connectivity index (χ1) is 7.75. The Labute approximate surface area is 104 Å². The lowest BCUT2D eigenvalue weighted by atomic mass is 10.0. The second kappa shape index (κ2) is 7.45. The van der Waals surface area contributed by atoms with E-state index in [1.807, 2.05) is 27.7 Å². The fraction of sp³-hybridized carbons (Fsp3) is 0.769. The number of hydrogen-bond acceptors (Lipinski definition) is 4. The van der Waals surface area contributed by atoms with Crippen LogP contribution in [0.5, 0.6) is 0 Å². The van der Waals surface area contributed by atoms with Crippen molar-refractivity contribution in [1.82, 2.24) is 0 Å². The molecule has 17 heavy (non-hydrogen) atoms. The molecule has 0 aromatic heterocycles. The molecule has 1 unspecified atom stereocenters. The molecule has 0 radical (unpaired) electrons. The van der Waals surface area contributed by atoms with Gasteiger partial charge in [0.15, 0.2) is 0 Å². The number of ether oxygens (including phenoxy) is 2. The van der Waals surface area contributed by atoms with Crippen molar-refractivity contribution >= 4 is 5.97 Å². The average Bonchev–Trinajstić information content (AvgIpc) is 2.21. The Balaban J connectivity index is 4.41. The van der Waals surface area contributed by atoms with Crippen LogP contribution in [0.3, 0.4) is 0 Å². The molecule has 0 rings (SSSR count). The summed E-state index contributed by atoms with van der Waals surface area (Å²) in [4.78, 5) is 11.5. The van der Waals surface area contributed by atoms with Crippen LogP contribution in [0.1, 0.15) is 34.6 Å². The Morgan fingerprint density at radius 2 is 1.82 bits per heavy atom. The highest BCUT2D eigenvalue weighted by Crippen LogP contribution is 2.15. The Hall–Kier alpha value is -0.870. The highest BCUT2D eigenvalue weighted by atomic mass is 16.6. The van der Waals surface area contributed by atoms with Crippen LogP contribution in [0.4, 0.5) is 0 Å². The molecule has 3 atom stereocenters. The molecule has 0 aromatic rings. The van der Waals surface area contributed by atoms with E-state index in [9.17, 15) is 4.79 Å². The zero-order chi connectivity index (χ0) is 13.6. The SMILES string of the molecule is C=C(C)CO[C@@H](C)C(OC(=O)[C@H](C)N)C(C)C.